The lowest BCUT2D eigenvalue weighted by atomic mass is 9.82. The molecule has 1 aromatic carbocycles. The van der Waals surface area contributed by atoms with Crippen molar-refractivity contribution in [1.82, 2.24) is 0 Å². The van der Waals surface area contributed by atoms with Crippen LogP contribution >= 0.6 is 0 Å². The highest BCUT2D eigenvalue weighted by molar-refractivity contribution is 5.75. The first kappa shape index (κ1) is 32.7. The minimum absolute atomic E-state index is 0.0572. The number of rotatable bonds is 11. The summed E-state index contributed by atoms with van der Waals surface area (Å²) in [6, 6.07) is 2.79. The third-order valence-corrected chi connectivity index (χ3v) is 5.07. The van der Waals surface area contributed by atoms with Crippen LogP contribution in [0.25, 0.3) is 0 Å². The van der Waals surface area contributed by atoms with E-state index in [1.165, 1.54) is 18.2 Å². The number of ether oxygens (including phenoxy) is 5. The molecule has 0 fully saturated rings. The van der Waals surface area contributed by atoms with Gasteiger partial charge in [0.05, 0.1) is 19.8 Å². The summed E-state index contributed by atoms with van der Waals surface area (Å²) in [4.78, 5) is 48.2. The van der Waals surface area contributed by atoms with E-state index < -0.39 is 42.1 Å². The van der Waals surface area contributed by atoms with Crippen LogP contribution in [0.4, 0.5) is 9.59 Å². The minimum Gasteiger partial charge on any atom is -0.480 e. The van der Waals surface area contributed by atoms with Crippen molar-refractivity contribution in [3.05, 3.63) is 23.8 Å². The molecule has 0 aliphatic carbocycles. The highest BCUT2D eigenvalue weighted by Crippen LogP contribution is 2.36. The van der Waals surface area contributed by atoms with Gasteiger partial charge in [0.15, 0.2) is 11.5 Å². The first-order valence-electron chi connectivity index (χ1n) is 12.4. The van der Waals surface area contributed by atoms with Gasteiger partial charge in [-0.25, -0.2) is 9.59 Å². The van der Waals surface area contributed by atoms with Crippen LogP contribution in [-0.2, 0) is 23.8 Å². The number of benzene rings is 1. The van der Waals surface area contributed by atoms with Crippen LogP contribution in [0, 0.1) is 16.7 Å². The fraction of sp³-hybridized carbons (Fsp3) is 0.630. The lowest BCUT2D eigenvalue weighted by Gasteiger charge is -2.28. The molecule has 214 valence electrons. The SMILES string of the molecule is CCC(=O)OCC(C)C(c1ccc(OC(=O)OCC(C)(C)C)c(OC(=O)OCC(C)(C)C)c1)[C@H](N)C(=O)O. The molecule has 1 rings (SSSR count). The Morgan fingerprint density at radius 1 is 0.868 bits per heavy atom. The van der Waals surface area contributed by atoms with Gasteiger partial charge in [0.2, 0.25) is 0 Å². The molecular formula is C27H41NO10. The van der Waals surface area contributed by atoms with Crippen molar-refractivity contribution in [2.45, 2.75) is 73.8 Å². The van der Waals surface area contributed by atoms with E-state index in [2.05, 4.69) is 0 Å². The van der Waals surface area contributed by atoms with Crippen molar-refractivity contribution in [3.63, 3.8) is 0 Å². The Kier molecular flexibility index (Phi) is 12.0. The average Bonchev–Trinajstić information content (AvgIpc) is 2.80. The maximum absolute atomic E-state index is 12.4. The Morgan fingerprint density at radius 2 is 1.37 bits per heavy atom. The normalized spacial score (nSPS) is 14.0. The van der Waals surface area contributed by atoms with E-state index in [0.29, 0.717) is 5.56 Å². The van der Waals surface area contributed by atoms with Crippen LogP contribution in [0.2, 0.25) is 0 Å². The number of carboxylic acids is 1. The average molecular weight is 540 g/mol. The molecule has 0 aliphatic heterocycles. The predicted molar refractivity (Wildman–Crippen MR) is 138 cm³/mol. The van der Waals surface area contributed by atoms with Gasteiger partial charge in [0, 0.05) is 12.3 Å². The van der Waals surface area contributed by atoms with E-state index in [4.69, 9.17) is 29.4 Å². The van der Waals surface area contributed by atoms with Gasteiger partial charge in [0.1, 0.15) is 6.04 Å². The highest BCUT2D eigenvalue weighted by atomic mass is 16.7. The monoisotopic (exact) mass is 539 g/mol. The van der Waals surface area contributed by atoms with Crippen molar-refractivity contribution in [1.29, 1.82) is 0 Å². The third-order valence-electron chi connectivity index (χ3n) is 5.07. The van der Waals surface area contributed by atoms with E-state index in [9.17, 15) is 24.3 Å². The molecule has 3 N–H and O–H groups in total. The van der Waals surface area contributed by atoms with E-state index >= 15 is 0 Å². The second-order valence-electron chi connectivity index (χ2n) is 11.5. The summed E-state index contributed by atoms with van der Waals surface area (Å²) in [5.41, 5.74) is 5.72. The van der Waals surface area contributed by atoms with Crippen molar-refractivity contribution in [3.8, 4) is 11.5 Å². The largest absolute Gasteiger partial charge is 0.513 e. The van der Waals surface area contributed by atoms with Gasteiger partial charge in [-0.2, -0.15) is 0 Å². The molecule has 0 aromatic heterocycles. The zero-order valence-corrected chi connectivity index (χ0v) is 23.5. The molecule has 11 heteroatoms. The van der Waals surface area contributed by atoms with Gasteiger partial charge >= 0.3 is 24.2 Å². The third kappa shape index (κ3) is 11.8. The Labute approximate surface area is 223 Å². The van der Waals surface area contributed by atoms with Crippen LogP contribution in [0.5, 0.6) is 11.5 Å². The number of aliphatic carboxylic acids is 1. The van der Waals surface area contributed by atoms with Crippen molar-refractivity contribution in [2.24, 2.45) is 22.5 Å². The van der Waals surface area contributed by atoms with E-state index in [0.717, 1.165) is 0 Å². The summed E-state index contributed by atoms with van der Waals surface area (Å²) in [6.07, 6.45) is -1.90. The van der Waals surface area contributed by atoms with Gasteiger partial charge in [-0.05, 0) is 34.4 Å². The Hall–Kier alpha value is -3.34. The van der Waals surface area contributed by atoms with Crippen LogP contribution in [0.3, 0.4) is 0 Å². The molecule has 0 heterocycles. The molecule has 0 aliphatic rings. The lowest BCUT2D eigenvalue weighted by molar-refractivity contribution is -0.145. The number of hydrogen-bond donors (Lipinski definition) is 2. The van der Waals surface area contributed by atoms with Crippen LogP contribution in [-0.4, -0.2) is 55.2 Å². The van der Waals surface area contributed by atoms with E-state index in [1.54, 1.807) is 13.8 Å². The minimum atomic E-state index is -1.38. The molecule has 0 bridgehead atoms. The summed E-state index contributed by atoms with van der Waals surface area (Å²) in [7, 11) is 0. The zero-order chi connectivity index (χ0) is 29.3. The molecular weight excluding hydrogens is 498 g/mol. The first-order valence-corrected chi connectivity index (χ1v) is 12.4. The number of carboxylic acid groups (broad SMARTS) is 1. The van der Waals surface area contributed by atoms with Gasteiger partial charge < -0.3 is 34.5 Å². The predicted octanol–water partition coefficient (Wildman–Crippen LogP) is 4.89. The zero-order valence-electron chi connectivity index (χ0n) is 23.5. The maximum atomic E-state index is 12.4. The van der Waals surface area contributed by atoms with Gasteiger partial charge in [-0.15, -0.1) is 0 Å². The molecule has 0 spiro atoms. The summed E-state index contributed by atoms with van der Waals surface area (Å²) < 4.78 is 26.1. The van der Waals surface area contributed by atoms with Crippen LogP contribution in [0.15, 0.2) is 18.2 Å². The van der Waals surface area contributed by atoms with Crippen molar-refractivity contribution in [2.75, 3.05) is 19.8 Å². The van der Waals surface area contributed by atoms with Crippen molar-refractivity contribution >= 4 is 24.2 Å². The number of esters is 1. The molecule has 2 unspecified atom stereocenters. The molecule has 0 radical (unpaired) electrons. The number of carbonyl (C=O) groups excluding carboxylic acids is 3. The fourth-order valence-corrected chi connectivity index (χ4v) is 3.16. The smallest absolute Gasteiger partial charge is 0.480 e. The topological polar surface area (TPSA) is 161 Å². The van der Waals surface area contributed by atoms with E-state index in [-0.39, 0.29) is 48.6 Å². The van der Waals surface area contributed by atoms with Crippen LogP contribution < -0.4 is 15.2 Å². The fourth-order valence-electron chi connectivity index (χ4n) is 3.16. The number of carbonyl (C=O) groups is 4. The molecule has 3 atom stereocenters. The number of nitrogens with two attached hydrogens (primary N) is 1. The Morgan fingerprint density at radius 3 is 1.82 bits per heavy atom. The van der Waals surface area contributed by atoms with E-state index in [1.807, 2.05) is 41.5 Å². The number of hydrogen-bond acceptors (Lipinski definition) is 10. The van der Waals surface area contributed by atoms with Gasteiger partial charge in [0.25, 0.3) is 0 Å². The highest BCUT2D eigenvalue weighted by Gasteiger charge is 2.33. The Bertz CT molecular complexity index is 977. The quantitative estimate of drug-likeness (QED) is 0.224. The molecule has 0 saturated heterocycles. The maximum Gasteiger partial charge on any atom is 0.513 e. The molecule has 11 nitrogen and oxygen atoms in total. The molecule has 1 aromatic rings. The molecule has 38 heavy (non-hydrogen) atoms. The molecule has 0 saturated carbocycles. The van der Waals surface area contributed by atoms with Gasteiger partial charge in [-0.3, -0.25) is 9.59 Å². The Balaban J connectivity index is 3.37. The second kappa shape index (κ2) is 14.0. The first-order chi connectivity index (χ1) is 17.4. The lowest BCUT2D eigenvalue weighted by Crippen LogP contribution is -2.40. The summed E-state index contributed by atoms with van der Waals surface area (Å²) in [5.74, 6) is -3.44. The summed E-state index contributed by atoms with van der Waals surface area (Å²) in [5, 5.41) is 9.62. The second-order valence-corrected chi connectivity index (χ2v) is 11.5. The van der Waals surface area contributed by atoms with Crippen molar-refractivity contribution < 1.29 is 48.0 Å². The summed E-state index contributed by atoms with van der Waals surface area (Å²) in [6.45, 7) is 14.6. The van der Waals surface area contributed by atoms with Gasteiger partial charge in [-0.1, -0.05) is 61.5 Å². The standard InChI is InChI=1S/C27H41NO10/c1-9-20(29)34-13-16(2)21(22(28)23(30)31)17-10-11-18(37-24(32)35-14-26(3,4)5)19(12-17)38-25(33)36-15-27(6,7)8/h10-12,16,21-22H,9,13-15,28H2,1-8H3,(H,30,31)/t16?,21?,22-/m0/s1. The van der Waals surface area contributed by atoms with Crippen LogP contribution in [0.1, 0.15) is 73.3 Å². The summed E-state index contributed by atoms with van der Waals surface area (Å²) >= 11 is 0. The molecule has 0 amide bonds.